The number of rotatable bonds is 8. The Labute approximate surface area is 211 Å². The second-order valence-electron chi connectivity index (χ2n) is 9.90. The van der Waals surface area contributed by atoms with E-state index in [2.05, 4.69) is 10.6 Å². The van der Waals surface area contributed by atoms with E-state index in [9.17, 15) is 29.4 Å². The Hall–Kier alpha value is -4.12. The molecule has 2 atom stereocenters. The number of aliphatic carboxylic acids is 1. The van der Waals surface area contributed by atoms with E-state index in [1.165, 1.54) is 23.1 Å². The maximum absolute atomic E-state index is 13.0. The van der Waals surface area contributed by atoms with Crippen LogP contribution < -0.4 is 21.5 Å². The van der Waals surface area contributed by atoms with Crippen molar-refractivity contribution >= 4 is 28.9 Å². The van der Waals surface area contributed by atoms with Crippen LogP contribution >= 0.6 is 0 Å². The fourth-order valence-corrected chi connectivity index (χ4v) is 4.95. The SMILES string of the molecule is Cc1ccc([C@H](Nc2c(Nc3cccc(C(=O)N4CCC[C@H]4C(=O)O)c3O)c(=O)c2=O)C2(C)COC2)o1. The highest BCUT2D eigenvalue weighted by Crippen LogP contribution is 2.43. The summed E-state index contributed by atoms with van der Waals surface area (Å²) in [5.74, 6) is -0.883. The first-order valence-corrected chi connectivity index (χ1v) is 12.0. The number of carboxylic acid groups (broad SMARTS) is 1. The van der Waals surface area contributed by atoms with Crippen LogP contribution in [0.5, 0.6) is 5.75 Å². The van der Waals surface area contributed by atoms with Crippen molar-refractivity contribution < 1.29 is 29.0 Å². The van der Waals surface area contributed by atoms with E-state index in [0.29, 0.717) is 37.6 Å². The summed E-state index contributed by atoms with van der Waals surface area (Å²) in [5, 5.41) is 26.2. The van der Waals surface area contributed by atoms with Gasteiger partial charge in [-0.1, -0.05) is 13.0 Å². The molecule has 11 nitrogen and oxygen atoms in total. The lowest BCUT2D eigenvalue weighted by Gasteiger charge is -2.44. The summed E-state index contributed by atoms with van der Waals surface area (Å²) in [4.78, 5) is 50.8. The zero-order valence-electron chi connectivity index (χ0n) is 20.4. The number of phenols is 1. The molecule has 3 heterocycles. The van der Waals surface area contributed by atoms with Crippen molar-refractivity contribution in [1.29, 1.82) is 0 Å². The Morgan fingerprint density at radius 3 is 2.49 bits per heavy atom. The lowest BCUT2D eigenvalue weighted by molar-refractivity contribution is -0.141. The van der Waals surface area contributed by atoms with Crippen molar-refractivity contribution in [3.63, 3.8) is 0 Å². The summed E-state index contributed by atoms with van der Waals surface area (Å²) in [7, 11) is 0. The van der Waals surface area contributed by atoms with E-state index in [1.54, 1.807) is 6.07 Å². The molecule has 2 aliphatic rings. The largest absolute Gasteiger partial charge is 0.505 e. The molecular formula is C26H27N3O8. The van der Waals surface area contributed by atoms with Gasteiger partial charge in [-0.15, -0.1) is 0 Å². The monoisotopic (exact) mass is 509 g/mol. The summed E-state index contributed by atoms with van der Waals surface area (Å²) in [6.45, 7) is 4.91. The number of carbonyl (C=O) groups excluding carboxylic acids is 1. The lowest BCUT2D eigenvalue weighted by atomic mass is 9.79. The molecule has 0 radical (unpaired) electrons. The Kier molecular flexibility index (Phi) is 6.03. The van der Waals surface area contributed by atoms with Gasteiger partial charge in [0.1, 0.15) is 28.9 Å². The molecule has 4 N–H and O–H groups in total. The second-order valence-corrected chi connectivity index (χ2v) is 9.90. The van der Waals surface area contributed by atoms with Gasteiger partial charge in [0.25, 0.3) is 16.8 Å². The number of aryl methyl sites for hydroxylation is 1. The molecule has 0 saturated carbocycles. The third kappa shape index (κ3) is 4.14. The molecule has 0 spiro atoms. The number of likely N-dealkylation sites (tertiary alicyclic amines) is 1. The van der Waals surface area contributed by atoms with Gasteiger partial charge < -0.3 is 34.9 Å². The molecule has 1 amide bonds. The van der Waals surface area contributed by atoms with Crippen LogP contribution in [0.3, 0.4) is 0 Å². The summed E-state index contributed by atoms with van der Waals surface area (Å²) in [6.07, 6.45) is 0.874. The minimum Gasteiger partial charge on any atom is -0.505 e. The van der Waals surface area contributed by atoms with Gasteiger partial charge in [-0.3, -0.25) is 14.4 Å². The predicted molar refractivity (Wildman–Crippen MR) is 133 cm³/mol. The van der Waals surface area contributed by atoms with E-state index >= 15 is 0 Å². The second kappa shape index (κ2) is 9.07. The number of para-hydroxylation sites is 1. The quantitative estimate of drug-likeness (QED) is 0.263. The van der Waals surface area contributed by atoms with Gasteiger partial charge in [-0.25, -0.2) is 4.79 Å². The maximum Gasteiger partial charge on any atom is 0.326 e. The van der Waals surface area contributed by atoms with Crippen molar-refractivity contribution in [2.24, 2.45) is 5.41 Å². The highest BCUT2D eigenvalue weighted by atomic mass is 16.5. The molecule has 2 fully saturated rings. The number of benzene rings is 1. The zero-order valence-corrected chi connectivity index (χ0v) is 20.4. The Morgan fingerprint density at radius 2 is 1.86 bits per heavy atom. The average Bonchev–Trinajstić information content (AvgIpc) is 3.52. The van der Waals surface area contributed by atoms with Crippen LogP contribution in [-0.4, -0.2) is 52.8 Å². The molecule has 0 bridgehead atoms. The summed E-state index contributed by atoms with van der Waals surface area (Å²) in [6, 6.07) is 6.54. The number of furan rings is 1. The normalized spacial score (nSPS) is 19.4. The van der Waals surface area contributed by atoms with Crippen molar-refractivity contribution in [3.8, 4) is 5.75 Å². The third-order valence-corrected chi connectivity index (χ3v) is 7.13. The number of carboxylic acids is 1. The molecule has 5 rings (SSSR count). The van der Waals surface area contributed by atoms with Crippen LogP contribution in [0.25, 0.3) is 0 Å². The van der Waals surface area contributed by atoms with Crippen LogP contribution in [0.4, 0.5) is 17.1 Å². The van der Waals surface area contributed by atoms with Crippen LogP contribution in [0, 0.1) is 12.3 Å². The average molecular weight is 510 g/mol. The third-order valence-electron chi connectivity index (χ3n) is 7.13. The molecule has 194 valence electrons. The first-order valence-electron chi connectivity index (χ1n) is 12.0. The molecule has 1 aromatic heterocycles. The number of hydrogen-bond donors (Lipinski definition) is 4. The maximum atomic E-state index is 13.0. The molecule has 2 aromatic carbocycles. The van der Waals surface area contributed by atoms with Crippen LogP contribution in [0.15, 0.2) is 44.3 Å². The number of hydrogen-bond acceptors (Lipinski definition) is 9. The van der Waals surface area contributed by atoms with Crippen molar-refractivity contribution in [3.05, 3.63) is 67.9 Å². The molecule has 0 unspecified atom stereocenters. The molecule has 11 heteroatoms. The Morgan fingerprint density at radius 1 is 1.14 bits per heavy atom. The first-order chi connectivity index (χ1) is 17.6. The number of nitrogens with one attached hydrogen (secondary N) is 2. The Bertz CT molecular complexity index is 1450. The van der Waals surface area contributed by atoms with E-state index in [1.807, 2.05) is 19.9 Å². The molecule has 0 aliphatic carbocycles. The highest BCUT2D eigenvalue weighted by Gasteiger charge is 2.45. The minimum atomic E-state index is -1.11. The van der Waals surface area contributed by atoms with Crippen LogP contribution in [0.1, 0.15) is 47.7 Å². The number of phenolic OH excluding ortho intramolecular Hbond substituents is 1. The number of nitrogens with zero attached hydrogens (tertiary/aromatic N) is 1. The zero-order chi connectivity index (χ0) is 26.5. The number of anilines is 3. The molecule has 2 aliphatic heterocycles. The van der Waals surface area contributed by atoms with Gasteiger partial charge in [0.05, 0.1) is 30.5 Å². The fourth-order valence-electron chi connectivity index (χ4n) is 4.95. The molecule has 2 saturated heterocycles. The minimum absolute atomic E-state index is 0.0376. The Balaban J connectivity index is 1.43. The van der Waals surface area contributed by atoms with Gasteiger partial charge in [-0.05, 0) is 44.0 Å². The van der Waals surface area contributed by atoms with E-state index in [0.717, 1.165) is 0 Å². The van der Waals surface area contributed by atoms with E-state index in [-0.39, 0.29) is 34.6 Å². The summed E-state index contributed by atoms with van der Waals surface area (Å²) in [5.41, 5.74) is -1.94. The fraction of sp³-hybridized carbons (Fsp3) is 0.385. The van der Waals surface area contributed by atoms with Crippen molar-refractivity contribution in [1.82, 2.24) is 4.90 Å². The molecular weight excluding hydrogens is 482 g/mol. The van der Waals surface area contributed by atoms with Gasteiger partial charge in [0, 0.05) is 12.0 Å². The lowest BCUT2D eigenvalue weighted by Crippen LogP contribution is -2.49. The van der Waals surface area contributed by atoms with Crippen LogP contribution in [0.2, 0.25) is 0 Å². The van der Waals surface area contributed by atoms with E-state index < -0.39 is 40.6 Å². The van der Waals surface area contributed by atoms with Crippen molar-refractivity contribution in [2.45, 2.75) is 38.8 Å². The summed E-state index contributed by atoms with van der Waals surface area (Å²) >= 11 is 0. The van der Waals surface area contributed by atoms with Crippen LogP contribution in [-0.2, 0) is 9.53 Å². The topological polar surface area (TPSA) is 158 Å². The molecule has 3 aromatic rings. The predicted octanol–water partition coefficient (Wildman–Crippen LogP) is 2.51. The standard InChI is InChI=1S/C26H27N3O8/c1-13-8-9-17(37-13)23(26(2)11-36-12-26)28-19-18(21(31)22(19)32)27-15-6-3-5-14(20(15)30)24(33)29-10-4-7-16(29)25(34)35/h3,5-6,8-9,16,23,27-28,30H,4,7,10-12H2,1-2H3,(H,34,35)/t16-,23-/m0/s1. The number of amides is 1. The summed E-state index contributed by atoms with van der Waals surface area (Å²) < 4.78 is 11.2. The van der Waals surface area contributed by atoms with Gasteiger partial charge >= 0.3 is 5.97 Å². The first kappa shape index (κ1) is 24.6. The van der Waals surface area contributed by atoms with E-state index in [4.69, 9.17) is 9.15 Å². The molecule has 37 heavy (non-hydrogen) atoms. The van der Waals surface area contributed by atoms with Crippen molar-refractivity contribution in [2.75, 3.05) is 30.4 Å². The number of aromatic hydroxyl groups is 1. The highest BCUT2D eigenvalue weighted by molar-refractivity contribution is 6.01. The number of ether oxygens (including phenoxy) is 1. The van der Waals surface area contributed by atoms with Gasteiger partial charge in [-0.2, -0.15) is 0 Å². The smallest absolute Gasteiger partial charge is 0.326 e. The van der Waals surface area contributed by atoms with Gasteiger partial charge in [0.2, 0.25) is 0 Å². The number of carbonyl (C=O) groups is 2. The van der Waals surface area contributed by atoms with Gasteiger partial charge in [0.15, 0.2) is 5.75 Å².